The Morgan fingerprint density at radius 2 is 2.33 bits per heavy atom. The Morgan fingerprint density at radius 3 is 3.00 bits per heavy atom. The van der Waals surface area contributed by atoms with Gasteiger partial charge in [0.2, 0.25) is 0 Å². The third-order valence-electron chi connectivity index (χ3n) is 3.35. The van der Waals surface area contributed by atoms with Crippen LogP contribution in [-0.2, 0) is 14.3 Å². The lowest BCUT2D eigenvalue weighted by atomic mass is 9.98. The van der Waals surface area contributed by atoms with E-state index in [1.54, 1.807) is 10.8 Å². The van der Waals surface area contributed by atoms with Gasteiger partial charge in [-0.2, -0.15) is 0 Å². The highest BCUT2D eigenvalue weighted by atomic mass is 79.9. The van der Waals surface area contributed by atoms with Gasteiger partial charge in [0.15, 0.2) is 0 Å². The molecular formula is C14H9BrFNO3S. The first kappa shape index (κ1) is 14.4. The van der Waals surface area contributed by atoms with Crippen molar-refractivity contribution in [2.24, 2.45) is 0 Å². The molecule has 0 aliphatic carbocycles. The van der Waals surface area contributed by atoms with E-state index in [1.807, 2.05) is 0 Å². The molecule has 0 spiro atoms. The number of allylic oxidation sites excluding steroid dienone is 2. The van der Waals surface area contributed by atoms with Gasteiger partial charge in [0.05, 0.1) is 22.8 Å². The van der Waals surface area contributed by atoms with Crippen LogP contribution in [0.2, 0.25) is 0 Å². The van der Waals surface area contributed by atoms with Gasteiger partial charge in [-0.25, -0.2) is 14.0 Å². The van der Waals surface area contributed by atoms with Gasteiger partial charge in [0.25, 0.3) is 0 Å². The summed E-state index contributed by atoms with van der Waals surface area (Å²) in [6, 6.07) is 1.28. The summed E-state index contributed by atoms with van der Waals surface area (Å²) in [6.07, 6.45) is 1.40. The summed E-state index contributed by atoms with van der Waals surface area (Å²) >= 11 is 4.71. The van der Waals surface area contributed by atoms with Crippen molar-refractivity contribution in [2.75, 3.05) is 24.3 Å². The van der Waals surface area contributed by atoms with Crippen molar-refractivity contribution >= 4 is 50.9 Å². The van der Waals surface area contributed by atoms with Crippen molar-refractivity contribution in [3.05, 3.63) is 33.7 Å². The summed E-state index contributed by atoms with van der Waals surface area (Å²) in [5.41, 5.74) is 1.52. The number of hydrogen-bond donors (Lipinski definition) is 0. The molecule has 2 aliphatic rings. The second-order valence-electron chi connectivity index (χ2n) is 4.43. The highest BCUT2D eigenvalue weighted by Crippen LogP contribution is 2.48. The van der Waals surface area contributed by atoms with Crippen molar-refractivity contribution in [2.45, 2.75) is 4.90 Å². The van der Waals surface area contributed by atoms with E-state index in [4.69, 9.17) is 4.74 Å². The maximum Gasteiger partial charge on any atom is 0.354 e. The molecule has 1 aromatic carbocycles. The predicted molar refractivity (Wildman–Crippen MR) is 81.4 cm³/mol. The van der Waals surface area contributed by atoms with Gasteiger partial charge in [-0.1, -0.05) is 0 Å². The lowest BCUT2D eigenvalue weighted by molar-refractivity contribution is -0.136. The van der Waals surface area contributed by atoms with Gasteiger partial charge in [-0.05, 0) is 28.1 Å². The summed E-state index contributed by atoms with van der Waals surface area (Å²) in [6.45, 7) is 0.579. The predicted octanol–water partition coefficient (Wildman–Crippen LogP) is 2.79. The zero-order valence-electron chi connectivity index (χ0n) is 10.9. The summed E-state index contributed by atoms with van der Waals surface area (Å²) < 4.78 is 19.1. The Labute approximate surface area is 132 Å². The van der Waals surface area contributed by atoms with Gasteiger partial charge in [0.1, 0.15) is 17.5 Å². The summed E-state index contributed by atoms with van der Waals surface area (Å²) in [4.78, 5) is 25.5. The molecule has 0 atom stereocenters. The largest absolute Gasteiger partial charge is 0.464 e. The summed E-state index contributed by atoms with van der Waals surface area (Å²) in [5, 5.41) is 0. The van der Waals surface area contributed by atoms with E-state index in [1.165, 1.54) is 31.0 Å². The molecule has 108 valence electrons. The molecule has 7 heteroatoms. The zero-order valence-corrected chi connectivity index (χ0v) is 13.3. The van der Waals surface area contributed by atoms with Crippen LogP contribution in [0.15, 0.2) is 27.2 Å². The lowest BCUT2D eigenvalue weighted by Crippen LogP contribution is -2.35. The van der Waals surface area contributed by atoms with Crippen LogP contribution >= 0.6 is 27.7 Å². The molecule has 0 aromatic heterocycles. The zero-order chi connectivity index (χ0) is 15.1. The Morgan fingerprint density at radius 1 is 1.57 bits per heavy atom. The molecule has 0 saturated heterocycles. The molecule has 0 N–H and O–H groups in total. The number of halogens is 2. The maximum absolute atomic E-state index is 14.0. The van der Waals surface area contributed by atoms with Crippen LogP contribution in [-0.4, -0.2) is 31.3 Å². The molecule has 0 saturated carbocycles. The number of rotatable bonds is 1. The smallest absolute Gasteiger partial charge is 0.354 e. The van der Waals surface area contributed by atoms with Crippen molar-refractivity contribution in [3.8, 4) is 0 Å². The van der Waals surface area contributed by atoms with E-state index in [9.17, 15) is 14.0 Å². The Hall–Kier alpha value is -1.56. The van der Waals surface area contributed by atoms with Crippen LogP contribution in [0.4, 0.5) is 10.1 Å². The number of esters is 1. The quantitative estimate of drug-likeness (QED) is 0.562. The van der Waals surface area contributed by atoms with E-state index in [-0.39, 0.29) is 11.3 Å². The number of methoxy groups -OCH3 is 1. The van der Waals surface area contributed by atoms with Crippen molar-refractivity contribution in [3.63, 3.8) is 0 Å². The van der Waals surface area contributed by atoms with E-state index < -0.39 is 11.8 Å². The minimum absolute atomic E-state index is 0.150. The first-order chi connectivity index (χ1) is 10.1. The fourth-order valence-electron chi connectivity index (χ4n) is 2.44. The van der Waals surface area contributed by atoms with E-state index >= 15 is 0 Å². The molecule has 4 nitrogen and oxygen atoms in total. The molecule has 0 unspecified atom stereocenters. The van der Waals surface area contributed by atoms with Crippen LogP contribution in [0.3, 0.4) is 0 Å². The van der Waals surface area contributed by atoms with Crippen molar-refractivity contribution < 1.29 is 18.7 Å². The number of nitrogens with zero attached hydrogens (tertiary/aromatic N) is 1. The number of carbonyl (C=O) groups excluding carboxylic acids is 2. The third kappa shape index (κ3) is 2.12. The number of thioether (sulfide) groups is 1. The fourth-order valence-corrected chi connectivity index (χ4v) is 4.15. The standard InChI is InChI=1S/C14H9BrFNO3S/c1-20-14(19)10-4-7(6-18)8-5-9(16)11(15)13-12(8)17(10)2-3-21-13/h4-5H,2-3H2,1H3. The molecular weight excluding hydrogens is 361 g/mol. The number of anilines is 1. The van der Waals surface area contributed by atoms with Crippen LogP contribution in [0.1, 0.15) is 5.56 Å². The normalized spacial score (nSPS) is 16.0. The SMILES string of the molecule is COC(=O)C1=CC(=C=O)c2cc(F)c(Br)c3c2N1CCS3. The molecule has 2 heterocycles. The molecule has 3 rings (SSSR count). The first-order valence-corrected chi connectivity index (χ1v) is 7.84. The molecule has 1 aromatic rings. The molecule has 21 heavy (non-hydrogen) atoms. The number of carbonyl (C=O) groups is 1. The summed E-state index contributed by atoms with van der Waals surface area (Å²) in [5.74, 6) is 1.49. The second kappa shape index (κ2) is 5.33. The third-order valence-corrected chi connectivity index (χ3v) is 5.46. The highest BCUT2D eigenvalue weighted by molar-refractivity contribution is 9.10. The van der Waals surface area contributed by atoms with E-state index in [0.29, 0.717) is 32.9 Å². The molecule has 0 amide bonds. The van der Waals surface area contributed by atoms with Crippen LogP contribution in [0.5, 0.6) is 0 Å². The minimum atomic E-state index is -0.535. The second-order valence-corrected chi connectivity index (χ2v) is 6.33. The Balaban J connectivity index is 2.32. The van der Waals surface area contributed by atoms with E-state index in [2.05, 4.69) is 15.9 Å². The Bertz CT molecular complexity index is 740. The highest BCUT2D eigenvalue weighted by Gasteiger charge is 2.34. The fraction of sp³-hybridized carbons (Fsp3) is 0.214. The van der Waals surface area contributed by atoms with Crippen molar-refractivity contribution in [1.82, 2.24) is 0 Å². The first-order valence-electron chi connectivity index (χ1n) is 6.06. The van der Waals surface area contributed by atoms with E-state index in [0.717, 1.165) is 0 Å². The van der Waals surface area contributed by atoms with Gasteiger partial charge >= 0.3 is 5.97 Å². The van der Waals surface area contributed by atoms with Gasteiger partial charge < -0.3 is 9.64 Å². The van der Waals surface area contributed by atoms with Gasteiger partial charge in [-0.15, -0.1) is 11.8 Å². The molecule has 0 radical (unpaired) electrons. The molecule has 2 aliphatic heterocycles. The molecule has 0 bridgehead atoms. The van der Waals surface area contributed by atoms with Crippen LogP contribution < -0.4 is 4.90 Å². The summed E-state index contributed by atoms with van der Waals surface area (Å²) in [7, 11) is 1.28. The molecule has 0 fully saturated rings. The van der Waals surface area contributed by atoms with Gasteiger partial charge in [0, 0.05) is 22.8 Å². The van der Waals surface area contributed by atoms with Crippen molar-refractivity contribution in [1.29, 1.82) is 0 Å². The number of ether oxygens (including phenoxy) is 1. The maximum atomic E-state index is 14.0. The minimum Gasteiger partial charge on any atom is -0.464 e. The Kier molecular flexibility index (Phi) is 3.65. The lowest BCUT2D eigenvalue weighted by Gasteiger charge is -2.36. The van der Waals surface area contributed by atoms with Crippen LogP contribution in [0, 0.1) is 5.82 Å². The van der Waals surface area contributed by atoms with Crippen LogP contribution in [0.25, 0.3) is 5.57 Å². The number of benzene rings is 1. The average molecular weight is 370 g/mol. The topological polar surface area (TPSA) is 46.6 Å². The monoisotopic (exact) mass is 369 g/mol. The number of hydrogen-bond acceptors (Lipinski definition) is 5. The van der Waals surface area contributed by atoms with Gasteiger partial charge in [-0.3, -0.25) is 0 Å². The average Bonchev–Trinajstić information content (AvgIpc) is 2.51.